The topological polar surface area (TPSA) is 78.9 Å². The van der Waals surface area contributed by atoms with Gasteiger partial charge in [-0.15, -0.1) is 0 Å². The minimum atomic E-state index is -1.10. The summed E-state index contributed by atoms with van der Waals surface area (Å²) in [5.41, 5.74) is 0.141. The zero-order valence-electron chi connectivity index (χ0n) is 14.3. The maximum atomic E-state index is 12.3. The largest absolute Gasteiger partial charge is 0.461 e. The highest BCUT2D eigenvalue weighted by Crippen LogP contribution is 2.20. The highest BCUT2D eigenvalue weighted by atomic mass is 32.1. The van der Waals surface area contributed by atoms with Crippen LogP contribution in [0.3, 0.4) is 0 Å². The van der Waals surface area contributed by atoms with Crippen molar-refractivity contribution < 1.29 is 28.6 Å². The third kappa shape index (κ3) is 4.93. The van der Waals surface area contributed by atoms with Crippen molar-refractivity contribution >= 4 is 34.8 Å². The van der Waals surface area contributed by atoms with E-state index in [0.29, 0.717) is 0 Å². The van der Waals surface area contributed by atoms with Gasteiger partial charge in [-0.05, 0) is 26.3 Å². The van der Waals surface area contributed by atoms with E-state index in [9.17, 15) is 14.4 Å². The Bertz CT molecular complexity index is 677. The van der Waals surface area contributed by atoms with E-state index >= 15 is 0 Å². The third-order valence-electron chi connectivity index (χ3n) is 3.53. The molecule has 0 N–H and O–H groups in total. The summed E-state index contributed by atoms with van der Waals surface area (Å²) in [7, 11) is 0. The van der Waals surface area contributed by atoms with Crippen LogP contribution in [0.1, 0.15) is 26.3 Å². The molecule has 2 rings (SSSR count). The molecule has 2 atom stereocenters. The Balaban J connectivity index is 2.07. The number of carbonyl (C=O) groups excluding carboxylic acids is 3. The predicted octanol–water partition coefficient (Wildman–Crippen LogP) is 2.03. The first-order valence-electron chi connectivity index (χ1n) is 7.82. The van der Waals surface area contributed by atoms with Crippen molar-refractivity contribution in [3.63, 3.8) is 0 Å². The summed E-state index contributed by atoms with van der Waals surface area (Å²) in [6, 6.07) is 9.22. The van der Waals surface area contributed by atoms with Crippen molar-refractivity contribution in [2.45, 2.75) is 39.6 Å². The van der Waals surface area contributed by atoms with E-state index in [1.54, 1.807) is 20.8 Å². The first kappa shape index (κ1) is 19.2. The standard InChI is InChI=1S/C18H20O6S/c1-18(2,3)17(21)23-10-12-14(13(19)15(25)16(20)24-12)22-9-11-7-5-4-6-8-11/h4-8,12,14H,9-10H2,1-3H3/t12-,14-/m1/s1. The Morgan fingerprint density at radius 1 is 1.20 bits per heavy atom. The second-order valence-electron chi connectivity index (χ2n) is 6.70. The van der Waals surface area contributed by atoms with Gasteiger partial charge in [-0.1, -0.05) is 42.5 Å². The lowest BCUT2D eigenvalue weighted by Crippen LogP contribution is -2.53. The van der Waals surface area contributed by atoms with Gasteiger partial charge < -0.3 is 14.2 Å². The van der Waals surface area contributed by atoms with E-state index in [1.165, 1.54) is 0 Å². The average Bonchev–Trinajstić information content (AvgIpc) is 2.57. The molecule has 0 amide bonds. The molecule has 0 aromatic heterocycles. The molecule has 7 heteroatoms. The number of thiocarbonyl (C=S) groups is 1. The first-order valence-corrected chi connectivity index (χ1v) is 8.23. The summed E-state index contributed by atoms with van der Waals surface area (Å²) in [6.45, 7) is 4.97. The molecule has 134 valence electrons. The number of ketones is 1. The summed E-state index contributed by atoms with van der Waals surface area (Å²) in [5, 5.41) is 0. The van der Waals surface area contributed by atoms with Crippen LogP contribution < -0.4 is 0 Å². The molecule has 25 heavy (non-hydrogen) atoms. The highest BCUT2D eigenvalue weighted by Gasteiger charge is 2.43. The Hall–Kier alpha value is -2.12. The molecule has 0 radical (unpaired) electrons. The first-order chi connectivity index (χ1) is 11.7. The van der Waals surface area contributed by atoms with Crippen molar-refractivity contribution in [3.05, 3.63) is 35.9 Å². The fourth-order valence-corrected chi connectivity index (χ4v) is 2.25. The predicted molar refractivity (Wildman–Crippen MR) is 92.9 cm³/mol. The van der Waals surface area contributed by atoms with Gasteiger partial charge in [0.25, 0.3) is 0 Å². The quantitative estimate of drug-likeness (QED) is 0.584. The van der Waals surface area contributed by atoms with Crippen LogP contribution in [0.25, 0.3) is 0 Å². The van der Waals surface area contributed by atoms with Gasteiger partial charge >= 0.3 is 11.9 Å². The van der Waals surface area contributed by atoms with E-state index in [2.05, 4.69) is 0 Å². The number of ether oxygens (including phenoxy) is 3. The lowest BCUT2D eigenvalue weighted by molar-refractivity contribution is -0.174. The van der Waals surface area contributed by atoms with Crippen LogP contribution in [0, 0.1) is 5.41 Å². The minimum absolute atomic E-state index is 0.140. The molecular weight excluding hydrogens is 344 g/mol. The number of rotatable bonds is 5. The van der Waals surface area contributed by atoms with Crippen LogP contribution in [0.4, 0.5) is 0 Å². The smallest absolute Gasteiger partial charge is 0.353 e. The fraction of sp³-hybridized carbons (Fsp3) is 0.444. The zero-order chi connectivity index (χ0) is 18.6. The second kappa shape index (κ2) is 7.84. The average molecular weight is 364 g/mol. The van der Waals surface area contributed by atoms with Crippen molar-refractivity contribution in [1.29, 1.82) is 0 Å². The summed E-state index contributed by atoms with van der Waals surface area (Å²) in [4.78, 5) is 35.5. The fourth-order valence-electron chi connectivity index (χ4n) is 2.09. The maximum Gasteiger partial charge on any atom is 0.353 e. The van der Waals surface area contributed by atoms with Crippen LogP contribution in [0.2, 0.25) is 0 Å². The molecule has 6 nitrogen and oxygen atoms in total. The zero-order valence-corrected chi connectivity index (χ0v) is 15.1. The van der Waals surface area contributed by atoms with Gasteiger partial charge in [-0.25, -0.2) is 4.79 Å². The number of benzene rings is 1. The van der Waals surface area contributed by atoms with E-state index in [4.69, 9.17) is 26.4 Å². The maximum absolute atomic E-state index is 12.3. The van der Waals surface area contributed by atoms with Crippen LogP contribution in [0.15, 0.2) is 30.3 Å². The minimum Gasteiger partial charge on any atom is -0.461 e. The molecule has 0 aliphatic carbocycles. The van der Waals surface area contributed by atoms with Gasteiger partial charge in [0.1, 0.15) is 6.61 Å². The number of hydrogen-bond acceptors (Lipinski definition) is 7. The Kier molecular flexibility index (Phi) is 6.02. The highest BCUT2D eigenvalue weighted by molar-refractivity contribution is 7.84. The van der Waals surface area contributed by atoms with Crippen molar-refractivity contribution in [2.75, 3.05) is 6.61 Å². The summed E-state index contributed by atoms with van der Waals surface area (Å²) < 4.78 is 15.9. The van der Waals surface area contributed by atoms with Gasteiger partial charge in [-0.3, -0.25) is 9.59 Å². The third-order valence-corrected chi connectivity index (χ3v) is 3.89. The van der Waals surface area contributed by atoms with Crippen LogP contribution >= 0.6 is 12.2 Å². The van der Waals surface area contributed by atoms with Crippen molar-refractivity contribution in [2.24, 2.45) is 5.41 Å². The van der Waals surface area contributed by atoms with Crippen LogP contribution in [0.5, 0.6) is 0 Å². The van der Waals surface area contributed by atoms with Crippen LogP contribution in [-0.2, 0) is 35.2 Å². The molecule has 1 aromatic rings. The van der Waals surface area contributed by atoms with Crippen molar-refractivity contribution in [1.82, 2.24) is 0 Å². The van der Waals surface area contributed by atoms with Crippen LogP contribution in [-0.4, -0.2) is 41.4 Å². The molecule has 1 heterocycles. The van der Waals surface area contributed by atoms with Gasteiger partial charge in [0.15, 0.2) is 17.1 Å². The van der Waals surface area contributed by atoms with E-state index in [1.807, 2.05) is 30.3 Å². The molecule has 1 saturated heterocycles. The SMILES string of the molecule is CC(C)(C)C(=O)OC[C@H]1OC(=O)C(=S)C(=O)[C@@H]1OCc1ccccc1. The Morgan fingerprint density at radius 3 is 2.44 bits per heavy atom. The van der Waals surface area contributed by atoms with Crippen molar-refractivity contribution in [3.8, 4) is 0 Å². The number of cyclic esters (lactones) is 1. The molecule has 1 aliphatic rings. The summed E-state index contributed by atoms with van der Waals surface area (Å²) >= 11 is 4.80. The van der Waals surface area contributed by atoms with E-state index in [-0.39, 0.29) is 13.2 Å². The molecule has 0 spiro atoms. The Labute approximate surface area is 151 Å². The number of carbonyl (C=O) groups is 3. The molecule has 1 aromatic carbocycles. The van der Waals surface area contributed by atoms with E-state index in [0.717, 1.165) is 5.56 Å². The van der Waals surface area contributed by atoms with E-state index < -0.39 is 40.2 Å². The van der Waals surface area contributed by atoms with Gasteiger partial charge in [0, 0.05) is 0 Å². The number of esters is 2. The lowest BCUT2D eigenvalue weighted by Gasteiger charge is -2.30. The lowest BCUT2D eigenvalue weighted by atomic mass is 9.97. The molecule has 1 aliphatic heterocycles. The number of hydrogen-bond donors (Lipinski definition) is 0. The van der Waals surface area contributed by atoms with Gasteiger partial charge in [0.05, 0.1) is 12.0 Å². The monoisotopic (exact) mass is 364 g/mol. The molecule has 0 saturated carbocycles. The van der Waals surface area contributed by atoms with Gasteiger partial charge in [0.2, 0.25) is 5.78 Å². The normalized spacial score (nSPS) is 21.0. The number of Topliss-reactive ketones (excluding diaryl/α,β-unsaturated/α-hetero) is 1. The molecular formula is C18H20O6S. The Morgan fingerprint density at radius 2 is 1.84 bits per heavy atom. The summed E-state index contributed by atoms with van der Waals surface area (Å²) in [6.07, 6.45) is -2.13. The van der Waals surface area contributed by atoms with Gasteiger partial charge in [-0.2, -0.15) is 0 Å². The second-order valence-corrected chi connectivity index (χ2v) is 7.11. The molecule has 0 unspecified atom stereocenters. The molecule has 0 bridgehead atoms. The summed E-state index contributed by atoms with van der Waals surface area (Å²) in [5.74, 6) is -1.98. The molecule has 1 fully saturated rings.